The summed E-state index contributed by atoms with van der Waals surface area (Å²) in [7, 11) is 0. The van der Waals surface area contributed by atoms with E-state index in [1.807, 2.05) is 37.3 Å². The van der Waals surface area contributed by atoms with Crippen LogP contribution < -0.4 is 10.6 Å². The smallest absolute Gasteiger partial charge is 0.214 e. The molecule has 0 aliphatic carbocycles. The minimum Gasteiger partial charge on any atom is -0.295 e. The zero-order valence-electron chi connectivity index (χ0n) is 11.2. The summed E-state index contributed by atoms with van der Waals surface area (Å²) in [6, 6.07) is 13.7. The van der Waals surface area contributed by atoms with Crippen molar-refractivity contribution in [3.05, 3.63) is 48.0 Å². The fourth-order valence-corrected chi connectivity index (χ4v) is 2.88. The Balaban J connectivity index is 2.08. The zero-order valence-corrected chi connectivity index (χ0v) is 11.2. The number of aldehydes is 1. The first-order valence-corrected chi connectivity index (χ1v) is 6.62. The molecule has 2 aromatic rings. The summed E-state index contributed by atoms with van der Waals surface area (Å²) >= 11 is 0. The van der Waals surface area contributed by atoms with Gasteiger partial charge < -0.3 is 0 Å². The van der Waals surface area contributed by atoms with Crippen molar-refractivity contribution in [2.45, 2.75) is 18.5 Å². The molecular formula is C16H16N2O2. The molecule has 0 bridgehead atoms. The second-order valence-corrected chi connectivity index (χ2v) is 5.28. The maximum Gasteiger partial charge on any atom is 0.214 e. The van der Waals surface area contributed by atoms with Crippen molar-refractivity contribution >= 4 is 22.8 Å². The van der Waals surface area contributed by atoms with Crippen LogP contribution in [0.15, 0.2) is 42.5 Å². The van der Waals surface area contributed by atoms with Crippen molar-refractivity contribution in [1.82, 2.24) is 10.6 Å². The number of ketones is 1. The Morgan fingerprint density at radius 3 is 2.75 bits per heavy atom. The van der Waals surface area contributed by atoms with E-state index in [9.17, 15) is 9.59 Å². The first-order chi connectivity index (χ1) is 9.65. The summed E-state index contributed by atoms with van der Waals surface area (Å²) in [5.74, 6) is -0.425. The second-order valence-electron chi connectivity index (χ2n) is 5.28. The van der Waals surface area contributed by atoms with Gasteiger partial charge in [-0.2, -0.15) is 0 Å². The van der Waals surface area contributed by atoms with Crippen LogP contribution in [0.25, 0.3) is 10.8 Å². The number of Topliss-reactive ketones (excluding diaryl/α,β-unsaturated/α-hetero) is 1. The monoisotopic (exact) mass is 268 g/mol. The van der Waals surface area contributed by atoms with Crippen LogP contribution in [0.5, 0.6) is 0 Å². The van der Waals surface area contributed by atoms with Gasteiger partial charge in [-0.25, -0.2) is 0 Å². The van der Waals surface area contributed by atoms with E-state index in [1.165, 1.54) is 0 Å². The standard InChI is InChI=1S/C16H16N2O2/c1-16(15(14(20)9-19)17-10-18-16)13-7-6-11-4-2-3-5-12(11)8-13/h2-9,15,17-18H,10H2,1H3. The lowest BCUT2D eigenvalue weighted by atomic mass is 9.83. The van der Waals surface area contributed by atoms with Crippen LogP contribution in [0.2, 0.25) is 0 Å². The molecule has 1 fully saturated rings. The summed E-state index contributed by atoms with van der Waals surface area (Å²) in [5, 5.41) is 8.62. The molecule has 0 saturated carbocycles. The Morgan fingerprint density at radius 2 is 2.00 bits per heavy atom. The van der Waals surface area contributed by atoms with E-state index in [0.717, 1.165) is 16.3 Å². The van der Waals surface area contributed by atoms with Gasteiger partial charge >= 0.3 is 0 Å². The van der Waals surface area contributed by atoms with Gasteiger partial charge in [0.15, 0.2) is 6.29 Å². The summed E-state index contributed by atoms with van der Waals surface area (Å²) in [4.78, 5) is 22.6. The molecule has 1 aliphatic rings. The molecule has 2 unspecified atom stereocenters. The van der Waals surface area contributed by atoms with Crippen LogP contribution in [0.3, 0.4) is 0 Å². The number of hydrogen-bond donors (Lipinski definition) is 2. The summed E-state index contributed by atoms with van der Waals surface area (Å²) < 4.78 is 0. The molecular weight excluding hydrogens is 252 g/mol. The molecule has 102 valence electrons. The Labute approximate surface area is 117 Å². The van der Waals surface area contributed by atoms with Gasteiger partial charge in [0.25, 0.3) is 0 Å². The Hall–Kier alpha value is -2.04. The summed E-state index contributed by atoms with van der Waals surface area (Å²) in [6.07, 6.45) is 0.393. The van der Waals surface area contributed by atoms with E-state index < -0.39 is 17.4 Å². The molecule has 4 nitrogen and oxygen atoms in total. The summed E-state index contributed by atoms with van der Waals surface area (Å²) in [5.41, 5.74) is 0.434. The van der Waals surface area contributed by atoms with Crippen molar-refractivity contribution in [3.8, 4) is 0 Å². The number of carbonyl (C=O) groups excluding carboxylic acids is 2. The molecule has 3 rings (SSSR count). The lowest BCUT2D eigenvalue weighted by molar-refractivity contribution is -0.131. The van der Waals surface area contributed by atoms with Crippen molar-refractivity contribution in [1.29, 1.82) is 0 Å². The third-order valence-corrected chi connectivity index (χ3v) is 4.09. The van der Waals surface area contributed by atoms with E-state index >= 15 is 0 Å². The number of nitrogens with one attached hydrogen (secondary N) is 2. The number of hydrogen-bond acceptors (Lipinski definition) is 4. The highest BCUT2D eigenvalue weighted by molar-refractivity contribution is 6.28. The third kappa shape index (κ3) is 1.94. The highest BCUT2D eigenvalue weighted by atomic mass is 16.2. The van der Waals surface area contributed by atoms with Gasteiger partial charge in [0, 0.05) is 6.67 Å². The van der Waals surface area contributed by atoms with Crippen LogP contribution >= 0.6 is 0 Å². The second kappa shape index (κ2) is 4.81. The number of fused-ring (bicyclic) bond motifs is 1. The highest BCUT2D eigenvalue weighted by Gasteiger charge is 2.43. The zero-order chi connectivity index (χ0) is 14.2. The van der Waals surface area contributed by atoms with Gasteiger partial charge in [0.05, 0.1) is 11.6 Å². The average molecular weight is 268 g/mol. The van der Waals surface area contributed by atoms with E-state index in [4.69, 9.17) is 0 Å². The van der Waals surface area contributed by atoms with Gasteiger partial charge in [0.2, 0.25) is 5.78 Å². The molecule has 2 aromatic carbocycles. The molecule has 4 heteroatoms. The minimum absolute atomic E-state index is 0.393. The van der Waals surface area contributed by atoms with Crippen molar-refractivity contribution < 1.29 is 9.59 Å². The molecule has 0 amide bonds. The van der Waals surface area contributed by atoms with Crippen LogP contribution in [0.1, 0.15) is 12.5 Å². The molecule has 2 atom stereocenters. The van der Waals surface area contributed by atoms with Crippen LogP contribution in [0, 0.1) is 0 Å². The van der Waals surface area contributed by atoms with Gasteiger partial charge in [-0.15, -0.1) is 0 Å². The quantitative estimate of drug-likeness (QED) is 0.651. The molecule has 0 aromatic heterocycles. The predicted octanol–water partition coefficient (Wildman–Crippen LogP) is 1.34. The summed E-state index contributed by atoms with van der Waals surface area (Å²) in [6.45, 7) is 2.46. The Kier molecular flexibility index (Phi) is 3.12. The molecule has 0 spiro atoms. The average Bonchev–Trinajstić information content (AvgIpc) is 2.89. The van der Waals surface area contributed by atoms with Gasteiger partial charge in [-0.1, -0.05) is 36.4 Å². The maximum atomic E-state index is 11.8. The SMILES string of the molecule is CC1(c2ccc3ccccc3c2)NCNC1C(=O)C=O. The molecule has 0 radical (unpaired) electrons. The molecule has 2 N–H and O–H groups in total. The number of rotatable bonds is 3. The normalized spacial score (nSPS) is 25.8. The van der Waals surface area contributed by atoms with Crippen LogP contribution in [-0.2, 0) is 15.1 Å². The minimum atomic E-state index is -0.567. The maximum absolute atomic E-state index is 11.8. The van der Waals surface area contributed by atoms with E-state index in [-0.39, 0.29) is 0 Å². The van der Waals surface area contributed by atoms with Crippen molar-refractivity contribution in [2.24, 2.45) is 0 Å². The van der Waals surface area contributed by atoms with Gasteiger partial charge in [-0.3, -0.25) is 20.2 Å². The van der Waals surface area contributed by atoms with Crippen LogP contribution in [0.4, 0.5) is 0 Å². The third-order valence-electron chi connectivity index (χ3n) is 4.09. The van der Waals surface area contributed by atoms with E-state index in [1.54, 1.807) is 0 Å². The largest absolute Gasteiger partial charge is 0.295 e. The lowest BCUT2D eigenvalue weighted by Gasteiger charge is -2.30. The first-order valence-electron chi connectivity index (χ1n) is 6.62. The fourth-order valence-electron chi connectivity index (χ4n) is 2.88. The van der Waals surface area contributed by atoms with Gasteiger partial charge in [0.1, 0.15) is 0 Å². The van der Waals surface area contributed by atoms with Crippen LogP contribution in [-0.4, -0.2) is 24.8 Å². The molecule has 1 aliphatic heterocycles. The lowest BCUT2D eigenvalue weighted by Crippen LogP contribution is -2.48. The fraction of sp³-hybridized carbons (Fsp3) is 0.250. The van der Waals surface area contributed by atoms with E-state index in [2.05, 4.69) is 22.8 Å². The topological polar surface area (TPSA) is 58.2 Å². The Morgan fingerprint density at radius 1 is 1.25 bits per heavy atom. The van der Waals surface area contributed by atoms with E-state index in [0.29, 0.717) is 13.0 Å². The number of benzene rings is 2. The highest BCUT2D eigenvalue weighted by Crippen LogP contribution is 2.30. The first kappa shape index (κ1) is 13.0. The van der Waals surface area contributed by atoms with Crippen molar-refractivity contribution in [3.63, 3.8) is 0 Å². The van der Waals surface area contributed by atoms with Gasteiger partial charge in [-0.05, 0) is 29.3 Å². The van der Waals surface area contributed by atoms with Crippen molar-refractivity contribution in [2.75, 3.05) is 6.67 Å². The Bertz CT molecular complexity index is 683. The number of carbonyl (C=O) groups is 2. The predicted molar refractivity (Wildman–Crippen MR) is 77.3 cm³/mol. The molecule has 1 heterocycles. The molecule has 20 heavy (non-hydrogen) atoms. The molecule has 1 saturated heterocycles.